The number of nitrogens with one attached hydrogen (secondary N) is 1. The Hall–Kier alpha value is -2.50. The number of hydrogen-bond donors (Lipinski definition) is 2. The second kappa shape index (κ2) is 7.97. The number of nitrogens with zero attached hydrogens (tertiary/aromatic N) is 1. The number of phenolic OH excluding ortho intramolecular Hbond substituents is 1. The Bertz CT molecular complexity index is 1120. The second-order valence-corrected chi connectivity index (χ2v) is 9.46. The van der Waals surface area contributed by atoms with Crippen molar-refractivity contribution in [1.29, 1.82) is 0 Å². The molecular formula is C25H27N2O2S+. The summed E-state index contributed by atoms with van der Waals surface area (Å²) in [6, 6.07) is 20.1. The van der Waals surface area contributed by atoms with E-state index in [1.807, 2.05) is 28.8 Å². The van der Waals surface area contributed by atoms with Crippen LogP contribution in [0.3, 0.4) is 0 Å². The predicted molar refractivity (Wildman–Crippen MR) is 121 cm³/mol. The van der Waals surface area contributed by atoms with E-state index in [9.17, 15) is 9.90 Å². The van der Waals surface area contributed by atoms with Crippen LogP contribution in [-0.4, -0.2) is 29.0 Å². The summed E-state index contributed by atoms with van der Waals surface area (Å²) in [5.74, 6) is 1.29. The van der Waals surface area contributed by atoms with Crippen LogP contribution < -0.4 is 10.5 Å². The molecule has 2 aliphatic rings. The van der Waals surface area contributed by atoms with Gasteiger partial charge in [0.2, 0.25) is 0 Å². The second-order valence-electron chi connectivity index (χ2n) is 8.58. The lowest BCUT2D eigenvalue weighted by Gasteiger charge is -2.40. The zero-order valence-electron chi connectivity index (χ0n) is 17.2. The Kier molecular flexibility index (Phi) is 5.17. The van der Waals surface area contributed by atoms with E-state index in [-0.39, 0.29) is 5.56 Å². The molecule has 5 heteroatoms. The third-order valence-electron chi connectivity index (χ3n) is 6.63. The lowest BCUT2D eigenvalue weighted by Crippen LogP contribution is -3.13. The average molecular weight is 420 g/mol. The molecule has 3 atom stereocenters. The fraction of sp³-hybridized carbons (Fsp3) is 0.320. The van der Waals surface area contributed by atoms with Crippen molar-refractivity contribution in [3.63, 3.8) is 0 Å². The first-order chi connectivity index (χ1) is 14.6. The van der Waals surface area contributed by atoms with E-state index < -0.39 is 0 Å². The lowest BCUT2D eigenvalue weighted by molar-refractivity contribution is -0.924. The first kappa shape index (κ1) is 19.5. The van der Waals surface area contributed by atoms with E-state index in [2.05, 4.69) is 36.6 Å². The summed E-state index contributed by atoms with van der Waals surface area (Å²) in [4.78, 5) is 16.0. The fourth-order valence-electron chi connectivity index (χ4n) is 5.23. The predicted octanol–water partition coefficient (Wildman–Crippen LogP) is 3.15. The van der Waals surface area contributed by atoms with Crippen LogP contribution in [0, 0.1) is 5.92 Å². The minimum absolute atomic E-state index is 0.142. The maximum atomic E-state index is 13.3. The highest BCUT2D eigenvalue weighted by atomic mass is 32.2. The highest BCUT2D eigenvalue weighted by Gasteiger charge is 2.37. The number of aromatic hydroxyl groups is 1. The van der Waals surface area contributed by atoms with Crippen molar-refractivity contribution < 1.29 is 10.0 Å². The molecule has 1 unspecified atom stereocenters. The van der Waals surface area contributed by atoms with E-state index in [0.29, 0.717) is 17.6 Å². The largest absolute Gasteiger partial charge is 0.507 e. The Labute approximate surface area is 181 Å². The molecule has 154 valence electrons. The molecule has 3 heterocycles. The van der Waals surface area contributed by atoms with Crippen LogP contribution in [-0.2, 0) is 13.1 Å². The van der Waals surface area contributed by atoms with Crippen LogP contribution in [0.25, 0.3) is 11.1 Å². The molecule has 2 N–H and O–H groups in total. The van der Waals surface area contributed by atoms with E-state index >= 15 is 0 Å². The number of aromatic nitrogens is 1. The smallest absolute Gasteiger partial charge is 0.258 e. The Morgan fingerprint density at radius 1 is 1.07 bits per heavy atom. The molecule has 1 saturated heterocycles. The van der Waals surface area contributed by atoms with Gasteiger partial charge in [0.05, 0.1) is 13.1 Å². The van der Waals surface area contributed by atoms with Crippen molar-refractivity contribution in [3.8, 4) is 16.9 Å². The monoisotopic (exact) mass is 419 g/mol. The van der Waals surface area contributed by atoms with Gasteiger partial charge < -0.3 is 14.6 Å². The van der Waals surface area contributed by atoms with E-state index in [1.165, 1.54) is 15.5 Å². The first-order valence-corrected chi connectivity index (χ1v) is 11.8. The third-order valence-corrected chi connectivity index (χ3v) is 7.37. The summed E-state index contributed by atoms with van der Waals surface area (Å²) >= 11 is 1.71. The molecule has 0 radical (unpaired) electrons. The van der Waals surface area contributed by atoms with Crippen LogP contribution in [0.2, 0.25) is 0 Å². The molecule has 2 aliphatic heterocycles. The quantitative estimate of drug-likeness (QED) is 0.639. The van der Waals surface area contributed by atoms with Gasteiger partial charge in [0, 0.05) is 40.1 Å². The van der Waals surface area contributed by atoms with E-state index in [4.69, 9.17) is 0 Å². The first-order valence-electron chi connectivity index (χ1n) is 10.6. The number of fused-ring (bicyclic) bond motifs is 4. The van der Waals surface area contributed by atoms with Gasteiger partial charge in [-0.1, -0.05) is 24.3 Å². The van der Waals surface area contributed by atoms with Crippen molar-refractivity contribution in [2.75, 3.05) is 19.3 Å². The van der Waals surface area contributed by atoms with Gasteiger partial charge in [-0.15, -0.1) is 11.8 Å². The van der Waals surface area contributed by atoms with Gasteiger partial charge in [-0.3, -0.25) is 4.79 Å². The number of benzene rings is 2. The molecule has 4 nitrogen and oxygen atoms in total. The molecule has 2 bridgehead atoms. The minimum Gasteiger partial charge on any atom is -0.507 e. The molecule has 30 heavy (non-hydrogen) atoms. The summed E-state index contributed by atoms with van der Waals surface area (Å²) in [5.41, 5.74) is 4.12. The Morgan fingerprint density at radius 2 is 1.87 bits per heavy atom. The number of piperidine rings is 1. The molecular weight excluding hydrogens is 392 g/mol. The molecule has 5 rings (SSSR count). The van der Waals surface area contributed by atoms with Crippen molar-refractivity contribution in [1.82, 2.24) is 4.57 Å². The summed E-state index contributed by atoms with van der Waals surface area (Å²) in [5, 5.41) is 10.1. The zero-order valence-corrected chi connectivity index (χ0v) is 18.0. The summed E-state index contributed by atoms with van der Waals surface area (Å²) in [6.45, 7) is 3.69. The van der Waals surface area contributed by atoms with Crippen LogP contribution in [0.15, 0.2) is 70.4 Å². The van der Waals surface area contributed by atoms with Crippen molar-refractivity contribution in [2.45, 2.75) is 30.3 Å². The normalized spacial score (nSPS) is 22.5. The maximum Gasteiger partial charge on any atom is 0.258 e. The summed E-state index contributed by atoms with van der Waals surface area (Å²) < 4.78 is 2.04. The van der Waals surface area contributed by atoms with E-state index in [1.54, 1.807) is 17.8 Å². The number of likely N-dealkylation sites (tertiary alicyclic amines) is 1. The highest BCUT2D eigenvalue weighted by molar-refractivity contribution is 7.98. The zero-order chi connectivity index (χ0) is 20.7. The molecule has 0 saturated carbocycles. The molecule has 1 aromatic heterocycles. The topological polar surface area (TPSA) is 46.7 Å². The van der Waals surface area contributed by atoms with Gasteiger partial charge in [-0.2, -0.15) is 0 Å². The number of rotatable bonds is 4. The number of quaternary nitrogens is 1. The van der Waals surface area contributed by atoms with Crippen LogP contribution in [0.1, 0.15) is 23.6 Å². The summed E-state index contributed by atoms with van der Waals surface area (Å²) in [7, 11) is 0. The van der Waals surface area contributed by atoms with Gasteiger partial charge >= 0.3 is 0 Å². The SMILES string of the molecule is CSc1ccc(-c2ccc3n(c2=O)C[C@H]2C[C@@H]3C[NH+](Cc3ccccc3O)C2)cc1. The van der Waals surface area contributed by atoms with Crippen LogP contribution in [0.5, 0.6) is 5.75 Å². The maximum absolute atomic E-state index is 13.3. The van der Waals surface area contributed by atoms with Gasteiger partial charge in [-0.25, -0.2) is 0 Å². The van der Waals surface area contributed by atoms with Crippen molar-refractivity contribution in [2.24, 2.45) is 5.92 Å². The Balaban J connectivity index is 1.42. The van der Waals surface area contributed by atoms with Gasteiger partial charge in [0.1, 0.15) is 12.3 Å². The number of para-hydroxylation sites is 1. The summed E-state index contributed by atoms with van der Waals surface area (Å²) in [6.07, 6.45) is 3.22. The van der Waals surface area contributed by atoms with Crippen LogP contribution in [0.4, 0.5) is 0 Å². The average Bonchev–Trinajstić information content (AvgIpc) is 2.76. The number of pyridine rings is 1. The standard InChI is InChI=1S/C25H26N2O2S/c1-30-21-8-6-18(7-9-21)22-10-11-23-20-12-17(14-27(23)25(22)29)13-26(16-20)15-19-4-2-3-5-24(19)28/h2-11,17,20,28H,12-16H2,1H3/p+1/t17-,20+/m0/s1. The Morgan fingerprint density at radius 3 is 2.63 bits per heavy atom. The number of thioether (sulfide) groups is 1. The van der Waals surface area contributed by atoms with E-state index in [0.717, 1.165) is 49.3 Å². The molecule has 0 amide bonds. The minimum atomic E-state index is 0.142. The molecule has 1 fully saturated rings. The molecule has 2 aromatic carbocycles. The van der Waals surface area contributed by atoms with Gasteiger partial charge in [0.15, 0.2) is 0 Å². The van der Waals surface area contributed by atoms with Crippen molar-refractivity contribution >= 4 is 11.8 Å². The molecule has 0 spiro atoms. The fourth-order valence-corrected chi connectivity index (χ4v) is 5.64. The molecule has 3 aromatic rings. The lowest BCUT2D eigenvalue weighted by atomic mass is 9.82. The highest BCUT2D eigenvalue weighted by Crippen LogP contribution is 2.32. The van der Waals surface area contributed by atoms with Gasteiger partial charge in [0.25, 0.3) is 5.56 Å². The van der Waals surface area contributed by atoms with Crippen LogP contribution >= 0.6 is 11.8 Å². The molecule has 0 aliphatic carbocycles. The number of phenols is 1. The van der Waals surface area contributed by atoms with Crippen molar-refractivity contribution in [3.05, 3.63) is 82.3 Å². The van der Waals surface area contributed by atoms with Gasteiger partial charge in [-0.05, 0) is 54.6 Å². The third kappa shape index (κ3) is 3.57. The number of hydrogen-bond acceptors (Lipinski definition) is 3.